The maximum Gasteiger partial charge on any atom is 0.226 e. The number of pyridine rings is 1. The number of benzene rings is 1. The van der Waals surface area contributed by atoms with Gasteiger partial charge in [0.15, 0.2) is 11.5 Å². The van der Waals surface area contributed by atoms with Crippen LogP contribution in [0, 0.1) is 5.92 Å². The van der Waals surface area contributed by atoms with Crippen molar-refractivity contribution in [2.24, 2.45) is 5.92 Å². The fourth-order valence-corrected chi connectivity index (χ4v) is 3.30. The minimum Gasteiger partial charge on any atom is -0.495 e. The molecular weight excluding hydrogens is 384 g/mol. The largest absolute Gasteiger partial charge is 0.495 e. The predicted octanol–water partition coefficient (Wildman–Crippen LogP) is 4.26. The average molecular weight is 408 g/mol. The van der Waals surface area contributed by atoms with Gasteiger partial charge in [-0.2, -0.15) is 0 Å². The number of oxazole rings is 1. The van der Waals surface area contributed by atoms with E-state index in [1.807, 2.05) is 18.2 Å². The molecular formula is C23H24N2O5. The molecule has 0 N–H and O–H groups in total. The van der Waals surface area contributed by atoms with Gasteiger partial charge in [0.2, 0.25) is 5.89 Å². The second-order valence-electron chi connectivity index (χ2n) is 7.33. The number of carbonyl (C=O) groups is 1. The minimum absolute atomic E-state index is 0.102. The summed E-state index contributed by atoms with van der Waals surface area (Å²) in [6.07, 6.45) is 5.52. The first-order chi connectivity index (χ1) is 14.6. The summed E-state index contributed by atoms with van der Waals surface area (Å²) in [4.78, 5) is 21.4. The zero-order valence-corrected chi connectivity index (χ0v) is 17.3. The number of ether oxygens (including phenoxy) is 3. The Balaban J connectivity index is 1.65. The average Bonchev–Trinajstić information content (AvgIpc) is 3.48. The van der Waals surface area contributed by atoms with Crippen LogP contribution in [0.15, 0.2) is 47.2 Å². The van der Waals surface area contributed by atoms with Gasteiger partial charge in [-0.3, -0.25) is 9.78 Å². The summed E-state index contributed by atoms with van der Waals surface area (Å²) in [5.74, 6) is 2.07. The van der Waals surface area contributed by atoms with Crippen molar-refractivity contribution in [3.8, 4) is 28.7 Å². The minimum atomic E-state index is -0.678. The zero-order valence-electron chi connectivity index (χ0n) is 17.3. The van der Waals surface area contributed by atoms with Crippen LogP contribution >= 0.6 is 0 Å². The maximum atomic E-state index is 12.4. The number of hydrogen-bond acceptors (Lipinski definition) is 7. The number of aromatic nitrogens is 2. The molecule has 1 fully saturated rings. The third kappa shape index (κ3) is 4.15. The van der Waals surface area contributed by atoms with Crippen molar-refractivity contribution in [2.75, 3.05) is 20.8 Å². The Hall–Kier alpha value is -3.35. The topological polar surface area (TPSA) is 83.7 Å². The Bertz CT molecular complexity index is 1040. The molecule has 7 nitrogen and oxygen atoms in total. The van der Waals surface area contributed by atoms with Crippen molar-refractivity contribution in [3.63, 3.8) is 0 Å². The smallest absolute Gasteiger partial charge is 0.226 e. The Morgan fingerprint density at radius 2 is 1.97 bits per heavy atom. The molecule has 0 bridgehead atoms. The van der Waals surface area contributed by atoms with Crippen LogP contribution in [-0.4, -0.2) is 36.6 Å². The summed E-state index contributed by atoms with van der Waals surface area (Å²) in [6.45, 7) is 2.17. The van der Waals surface area contributed by atoms with Crippen molar-refractivity contribution < 1.29 is 23.4 Å². The Morgan fingerprint density at radius 1 is 1.17 bits per heavy atom. The molecule has 7 heteroatoms. The molecule has 0 spiro atoms. The quantitative estimate of drug-likeness (QED) is 0.523. The van der Waals surface area contributed by atoms with Crippen LogP contribution in [0.5, 0.6) is 17.2 Å². The van der Waals surface area contributed by atoms with E-state index in [2.05, 4.69) is 9.97 Å². The summed E-state index contributed by atoms with van der Waals surface area (Å²) in [5, 5.41) is 0. The van der Waals surface area contributed by atoms with Crippen molar-refractivity contribution in [3.05, 3.63) is 54.2 Å². The van der Waals surface area contributed by atoms with E-state index in [1.54, 1.807) is 32.5 Å². The van der Waals surface area contributed by atoms with Gasteiger partial charge in [0, 0.05) is 11.8 Å². The van der Waals surface area contributed by atoms with Crippen molar-refractivity contribution in [1.29, 1.82) is 0 Å². The maximum absolute atomic E-state index is 12.4. The van der Waals surface area contributed by atoms with Crippen LogP contribution in [0.4, 0.5) is 0 Å². The van der Waals surface area contributed by atoms with Crippen molar-refractivity contribution >= 4 is 5.78 Å². The van der Waals surface area contributed by atoms with E-state index in [4.69, 9.17) is 18.6 Å². The molecule has 1 aliphatic carbocycles. The number of Topliss-reactive ketones (excluding diaryl/α,β-unsaturated/α-hetero) is 1. The summed E-state index contributed by atoms with van der Waals surface area (Å²) >= 11 is 0. The summed E-state index contributed by atoms with van der Waals surface area (Å²) in [7, 11) is 3.16. The highest BCUT2D eigenvalue weighted by molar-refractivity contribution is 5.86. The number of hydrogen-bond donors (Lipinski definition) is 0. The Kier molecular flexibility index (Phi) is 5.70. The van der Waals surface area contributed by atoms with E-state index in [9.17, 15) is 4.79 Å². The van der Waals surface area contributed by atoms with Gasteiger partial charge in [-0.25, -0.2) is 4.98 Å². The fourth-order valence-electron chi connectivity index (χ4n) is 3.30. The summed E-state index contributed by atoms with van der Waals surface area (Å²) < 4.78 is 22.4. The lowest BCUT2D eigenvalue weighted by Crippen LogP contribution is -2.14. The number of nitrogens with zero attached hydrogens (tertiary/aromatic N) is 2. The molecule has 156 valence electrons. The Labute approximate surface area is 175 Å². The third-order valence-corrected chi connectivity index (χ3v) is 5.10. The molecule has 1 saturated carbocycles. The summed E-state index contributed by atoms with van der Waals surface area (Å²) in [6, 6.07) is 9.05. The molecule has 0 amide bonds. The van der Waals surface area contributed by atoms with Gasteiger partial charge in [0.1, 0.15) is 23.7 Å². The molecule has 1 atom stereocenters. The molecule has 1 aromatic carbocycles. The number of rotatable bonds is 9. The predicted molar refractivity (Wildman–Crippen MR) is 110 cm³/mol. The molecule has 2 heterocycles. The fraction of sp³-hybridized carbons (Fsp3) is 0.348. The molecule has 30 heavy (non-hydrogen) atoms. The first-order valence-electron chi connectivity index (χ1n) is 9.86. The lowest BCUT2D eigenvalue weighted by Gasteiger charge is -2.13. The van der Waals surface area contributed by atoms with Gasteiger partial charge in [0.25, 0.3) is 0 Å². The van der Waals surface area contributed by atoms with Gasteiger partial charge in [0.05, 0.1) is 32.2 Å². The highest BCUT2D eigenvalue weighted by Gasteiger charge is 2.28. The van der Waals surface area contributed by atoms with E-state index >= 15 is 0 Å². The molecule has 0 saturated heterocycles. The molecule has 0 aliphatic heterocycles. The second kappa shape index (κ2) is 8.57. The first kappa shape index (κ1) is 19.9. The van der Waals surface area contributed by atoms with Crippen LogP contribution < -0.4 is 14.2 Å². The highest BCUT2D eigenvalue weighted by atomic mass is 16.5. The van der Waals surface area contributed by atoms with Crippen LogP contribution in [0.2, 0.25) is 0 Å². The van der Waals surface area contributed by atoms with Crippen molar-refractivity contribution in [1.82, 2.24) is 9.97 Å². The highest BCUT2D eigenvalue weighted by Crippen LogP contribution is 2.37. The number of methoxy groups -OCH3 is 2. The van der Waals surface area contributed by atoms with Crippen LogP contribution in [-0.2, 0) is 4.79 Å². The number of ketones is 1. The van der Waals surface area contributed by atoms with Gasteiger partial charge in [-0.15, -0.1) is 0 Å². The Morgan fingerprint density at radius 3 is 2.67 bits per heavy atom. The number of carbonyl (C=O) groups excluding carboxylic acids is 1. The van der Waals surface area contributed by atoms with E-state index in [0.717, 1.165) is 5.56 Å². The molecule has 4 rings (SSSR count). The van der Waals surface area contributed by atoms with E-state index in [-0.39, 0.29) is 5.78 Å². The van der Waals surface area contributed by atoms with E-state index in [0.29, 0.717) is 47.1 Å². The second-order valence-corrected chi connectivity index (χ2v) is 7.33. The third-order valence-electron chi connectivity index (χ3n) is 5.10. The lowest BCUT2D eigenvalue weighted by molar-refractivity contribution is -0.117. The van der Waals surface area contributed by atoms with Gasteiger partial charge >= 0.3 is 0 Å². The standard InChI is InChI=1S/C23H24N2O5/c1-14(26)21(22-19(28-3)5-4-10-24-22)17-13-30-23(25-17)16-8-9-18(27-2)20(11-16)29-12-15-6-7-15/h4-5,8-11,13,15,21H,6-7,12H2,1-3H3. The van der Waals surface area contributed by atoms with E-state index in [1.165, 1.54) is 26.0 Å². The normalized spacial score (nSPS) is 14.2. The monoisotopic (exact) mass is 408 g/mol. The molecule has 1 unspecified atom stereocenters. The van der Waals surface area contributed by atoms with Gasteiger partial charge < -0.3 is 18.6 Å². The first-order valence-corrected chi connectivity index (χ1v) is 9.86. The van der Waals surface area contributed by atoms with Gasteiger partial charge in [-0.1, -0.05) is 0 Å². The van der Waals surface area contributed by atoms with Crippen LogP contribution in [0.25, 0.3) is 11.5 Å². The van der Waals surface area contributed by atoms with Gasteiger partial charge in [-0.05, 0) is 56.0 Å². The molecule has 1 aliphatic rings. The van der Waals surface area contributed by atoms with Crippen molar-refractivity contribution in [2.45, 2.75) is 25.7 Å². The van der Waals surface area contributed by atoms with Crippen LogP contribution in [0.1, 0.15) is 37.1 Å². The lowest BCUT2D eigenvalue weighted by atomic mass is 9.96. The SMILES string of the molecule is COc1ccc(-c2nc(C(C(C)=O)c3ncccc3OC)co2)cc1OCC1CC1. The molecule has 0 radical (unpaired) electrons. The van der Waals surface area contributed by atoms with Crippen LogP contribution in [0.3, 0.4) is 0 Å². The molecule has 2 aromatic heterocycles. The summed E-state index contributed by atoms with van der Waals surface area (Å²) in [5.41, 5.74) is 1.73. The van der Waals surface area contributed by atoms with E-state index < -0.39 is 5.92 Å². The zero-order chi connectivity index (χ0) is 21.1. The molecule has 3 aromatic rings.